The molecule has 1 aromatic rings. The van der Waals surface area contributed by atoms with Gasteiger partial charge >= 0.3 is 5.97 Å². The number of carbonyl (C=O) groups excluding carboxylic acids is 2. The van der Waals surface area contributed by atoms with E-state index in [0.29, 0.717) is 5.56 Å². The Kier molecular flexibility index (Phi) is 5.92. The van der Waals surface area contributed by atoms with Gasteiger partial charge < -0.3 is 4.74 Å². The van der Waals surface area contributed by atoms with E-state index < -0.39 is 11.9 Å². The van der Waals surface area contributed by atoms with Crippen molar-refractivity contribution in [3.05, 3.63) is 35.4 Å². The molecule has 20 heavy (non-hydrogen) atoms. The fourth-order valence-corrected chi connectivity index (χ4v) is 2.07. The smallest absolute Gasteiger partial charge is 0.317 e. The molecule has 106 valence electrons. The van der Waals surface area contributed by atoms with E-state index in [1.165, 1.54) is 0 Å². The molecule has 0 aliphatic carbocycles. The first-order valence-electron chi connectivity index (χ1n) is 6.65. The third kappa shape index (κ3) is 3.92. The molecule has 2 atom stereocenters. The molecule has 0 aliphatic heterocycles. The number of nitrogens with zero attached hydrogens (tertiary/aromatic N) is 1. The second-order valence-corrected chi connectivity index (χ2v) is 4.80. The molecule has 0 spiro atoms. The van der Waals surface area contributed by atoms with Crippen molar-refractivity contribution < 1.29 is 14.3 Å². The molecule has 0 radical (unpaired) electrons. The van der Waals surface area contributed by atoms with E-state index >= 15 is 0 Å². The standard InChI is InChI=1S/C16H19NO3/c1-4-20-16(19)14(12(3)8-9-17)15(18)13-7-5-6-11(2)10-13/h5-7,10,12,14H,4,8H2,1-3H3. The molecule has 0 saturated heterocycles. The highest BCUT2D eigenvalue weighted by molar-refractivity contribution is 6.09. The van der Waals surface area contributed by atoms with Gasteiger partial charge in [0.1, 0.15) is 5.92 Å². The molecule has 4 nitrogen and oxygen atoms in total. The Bertz CT molecular complexity index is 531. The maximum atomic E-state index is 12.5. The second-order valence-electron chi connectivity index (χ2n) is 4.80. The van der Waals surface area contributed by atoms with Crippen LogP contribution in [0.5, 0.6) is 0 Å². The molecule has 0 aromatic heterocycles. The number of ether oxygens (including phenoxy) is 1. The molecule has 4 heteroatoms. The van der Waals surface area contributed by atoms with Crippen molar-refractivity contribution in [1.29, 1.82) is 5.26 Å². The molecule has 0 bridgehead atoms. The summed E-state index contributed by atoms with van der Waals surface area (Å²) >= 11 is 0. The zero-order valence-corrected chi connectivity index (χ0v) is 12.1. The average Bonchev–Trinajstić information content (AvgIpc) is 2.39. The van der Waals surface area contributed by atoms with Crippen molar-refractivity contribution >= 4 is 11.8 Å². The average molecular weight is 273 g/mol. The molecule has 1 aromatic carbocycles. The lowest BCUT2D eigenvalue weighted by molar-refractivity contribution is -0.147. The van der Waals surface area contributed by atoms with Crippen LogP contribution in [0.3, 0.4) is 0 Å². The van der Waals surface area contributed by atoms with Crippen LogP contribution in [0.25, 0.3) is 0 Å². The monoisotopic (exact) mass is 273 g/mol. The number of benzene rings is 1. The predicted molar refractivity (Wildman–Crippen MR) is 75.0 cm³/mol. The summed E-state index contributed by atoms with van der Waals surface area (Å²) in [5.74, 6) is -2.12. The van der Waals surface area contributed by atoms with Crippen molar-refractivity contribution in [2.24, 2.45) is 11.8 Å². The number of hydrogen-bond acceptors (Lipinski definition) is 4. The molecular formula is C16H19NO3. The summed E-state index contributed by atoms with van der Waals surface area (Å²) in [5, 5.41) is 8.78. The quantitative estimate of drug-likeness (QED) is 0.454. The summed E-state index contributed by atoms with van der Waals surface area (Å²) in [6.45, 7) is 5.52. The Morgan fingerprint density at radius 3 is 2.65 bits per heavy atom. The van der Waals surface area contributed by atoms with Gasteiger partial charge in [-0.25, -0.2) is 0 Å². The molecule has 0 heterocycles. The topological polar surface area (TPSA) is 67.2 Å². The lowest BCUT2D eigenvalue weighted by atomic mass is 9.85. The van der Waals surface area contributed by atoms with Gasteiger partial charge in [-0.2, -0.15) is 5.26 Å². The Labute approximate surface area is 119 Å². The fourth-order valence-electron chi connectivity index (χ4n) is 2.07. The first-order chi connectivity index (χ1) is 9.51. The van der Waals surface area contributed by atoms with Gasteiger partial charge in [-0.3, -0.25) is 9.59 Å². The van der Waals surface area contributed by atoms with Crippen LogP contribution in [-0.4, -0.2) is 18.4 Å². The van der Waals surface area contributed by atoms with Crippen molar-refractivity contribution in [3.8, 4) is 6.07 Å². The van der Waals surface area contributed by atoms with Crippen molar-refractivity contribution in [1.82, 2.24) is 0 Å². The summed E-state index contributed by atoms with van der Waals surface area (Å²) in [7, 11) is 0. The number of nitriles is 1. The summed E-state index contributed by atoms with van der Waals surface area (Å²) in [6, 6.07) is 9.09. The van der Waals surface area contributed by atoms with Gasteiger partial charge in [0.2, 0.25) is 0 Å². The Morgan fingerprint density at radius 2 is 2.10 bits per heavy atom. The lowest BCUT2D eigenvalue weighted by Crippen LogP contribution is -2.32. The molecule has 0 amide bonds. The zero-order chi connectivity index (χ0) is 15.1. The number of Topliss-reactive ketones (excluding diaryl/α,β-unsaturated/α-hetero) is 1. The fraction of sp³-hybridized carbons (Fsp3) is 0.438. The first kappa shape index (κ1) is 15.9. The van der Waals surface area contributed by atoms with E-state index in [4.69, 9.17) is 10.00 Å². The molecule has 0 fully saturated rings. The highest BCUT2D eigenvalue weighted by Crippen LogP contribution is 2.22. The van der Waals surface area contributed by atoms with Crippen LogP contribution in [0, 0.1) is 30.1 Å². The minimum Gasteiger partial charge on any atom is -0.465 e. The van der Waals surface area contributed by atoms with Gasteiger partial charge in [0.25, 0.3) is 0 Å². The number of carbonyl (C=O) groups is 2. The van der Waals surface area contributed by atoms with E-state index in [-0.39, 0.29) is 24.7 Å². The van der Waals surface area contributed by atoms with Crippen LogP contribution in [0.1, 0.15) is 36.2 Å². The second kappa shape index (κ2) is 7.44. The van der Waals surface area contributed by atoms with Crippen LogP contribution in [0.4, 0.5) is 0 Å². The van der Waals surface area contributed by atoms with E-state index in [2.05, 4.69) is 0 Å². The molecule has 1 rings (SSSR count). The SMILES string of the molecule is CCOC(=O)C(C(=O)c1cccc(C)c1)C(C)CC#N. The summed E-state index contributed by atoms with van der Waals surface area (Å²) in [4.78, 5) is 24.5. The minimum atomic E-state index is -0.920. The Morgan fingerprint density at radius 1 is 1.40 bits per heavy atom. The largest absolute Gasteiger partial charge is 0.465 e. The maximum absolute atomic E-state index is 12.5. The van der Waals surface area contributed by atoms with Gasteiger partial charge in [-0.1, -0.05) is 30.7 Å². The van der Waals surface area contributed by atoms with Crippen molar-refractivity contribution in [2.75, 3.05) is 6.61 Å². The van der Waals surface area contributed by atoms with Crippen LogP contribution in [0.2, 0.25) is 0 Å². The Balaban J connectivity index is 3.07. The molecule has 0 saturated carbocycles. The predicted octanol–water partition coefficient (Wildman–Crippen LogP) is 2.91. The number of esters is 1. The van der Waals surface area contributed by atoms with Crippen LogP contribution in [-0.2, 0) is 9.53 Å². The normalized spacial score (nSPS) is 13.1. The minimum absolute atomic E-state index is 0.140. The van der Waals surface area contributed by atoms with Crippen LogP contribution >= 0.6 is 0 Å². The first-order valence-corrected chi connectivity index (χ1v) is 6.65. The number of rotatable bonds is 6. The highest BCUT2D eigenvalue weighted by atomic mass is 16.5. The summed E-state index contributed by atoms with van der Waals surface area (Å²) in [5.41, 5.74) is 1.43. The third-order valence-corrected chi connectivity index (χ3v) is 3.11. The number of hydrogen-bond donors (Lipinski definition) is 0. The van der Waals surface area contributed by atoms with Gasteiger partial charge in [0, 0.05) is 12.0 Å². The summed E-state index contributed by atoms with van der Waals surface area (Å²) < 4.78 is 4.98. The maximum Gasteiger partial charge on any atom is 0.317 e. The van der Waals surface area contributed by atoms with Crippen LogP contribution in [0.15, 0.2) is 24.3 Å². The molecule has 0 aliphatic rings. The van der Waals surface area contributed by atoms with E-state index in [1.807, 2.05) is 19.1 Å². The lowest BCUT2D eigenvalue weighted by Gasteiger charge is -2.19. The third-order valence-electron chi connectivity index (χ3n) is 3.11. The molecule has 2 unspecified atom stereocenters. The van der Waals surface area contributed by atoms with Gasteiger partial charge in [-0.15, -0.1) is 0 Å². The van der Waals surface area contributed by atoms with Crippen molar-refractivity contribution in [3.63, 3.8) is 0 Å². The van der Waals surface area contributed by atoms with Gasteiger partial charge in [-0.05, 0) is 25.8 Å². The van der Waals surface area contributed by atoms with Crippen LogP contribution < -0.4 is 0 Å². The number of ketones is 1. The zero-order valence-electron chi connectivity index (χ0n) is 12.1. The number of aryl methyl sites for hydroxylation is 1. The Hall–Kier alpha value is -2.15. The molecular weight excluding hydrogens is 254 g/mol. The summed E-state index contributed by atoms with van der Waals surface area (Å²) in [6.07, 6.45) is 0.140. The van der Waals surface area contributed by atoms with Gasteiger partial charge in [0.15, 0.2) is 5.78 Å². The van der Waals surface area contributed by atoms with E-state index in [1.54, 1.807) is 32.0 Å². The van der Waals surface area contributed by atoms with E-state index in [9.17, 15) is 9.59 Å². The molecule has 0 N–H and O–H groups in total. The van der Waals surface area contributed by atoms with E-state index in [0.717, 1.165) is 5.56 Å². The van der Waals surface area contributed by atoms with Gasteiger partial charge in [0.05, 0.1) is 12.7 Å². The van der Waals surface area contributed by atoms with Crippen molar-refractivity contribution in [2.45, 2.75) is 27.2 Å². The highest BCUT2D eigenvalue weighted by Gasteiger charge is 2.34.